The first-order valence-electron chi connectivity index (χ1n) is 35.4. The van der Waals surface area contributed by atoms with Gasteiger partial charge in [0.1, 0.15) is 87.8 Å². The third-order valence-electron chi connectivity index (χ3n) is 17.5. The van der Waals surface area contributed by atoms with Crippen molar-refractivity contribution in [3.8, 4) is 0 Å². The molecule has 1 aliphatic carbocycles. The Bertz CT molecular complexity index is 3800. The summed E-state index contributed by atoms with van der Waals surface area (Å²) in [5.74, 6) is -1.92. The highest BCUT2D eigenvalue weighted by atomic mass is 16.8. The molecule has 0 aromatic heterocycles. The van der Waals surface area contributed by atoms with Crippen molar-refractivity contribution in [3.63, 3.8) is 0 Å². The number of aliphatic hydroxyl groups is 3. The number of alkyl carbamates (subject to hydrolysis) is 5. The van der Waals surface area contributed by atoms with Gasteiger partial charge in [-0.15, -0.1) is 0 Å². The Balaban J connectivity index is 0.959. The van der Waals surface area contributed by atoms with Crippen molar-refractivity contribution >= 4 is 42.3 Å². The summed E-state index contributed by atoms with van der Waals surface area (Å²) in [6.07, 6.45) is -16.5. The summed E-state index contributed by atoms with van der Waals surface area (Å²) in [6.45, 7) is 0.463. The normalized spacial score (nSPS) is 24.6. The summed E-state index contributed by atoms with van der Waals surface area (Å²) in [4.78, 5) is 96.7. The van der Waals surface area contributed by atoms with Crippen LogP contribution in [0.4, 0.5) is 24.0 Å². The predicted octanol–water partition coefficient (Wildman–Crippen LogP) is 7.20. The standard InChI is InChI=1S/C78H90N6O23/c1-2-3-40-95-49-57-35-37-59(83-77(93)99-47-53-28-16-7-17-29-53)72(102-57)105-66-61(84-78(94)100-48-54-30-18-8-19-31-54)41-60(81-69(88)62(103-70(89)55-32-20-9-21-33-55)38-39-79-74(90)96-44-50-22-10-4-11-23-50)64(86)68(66)107-73-65(87)67(63(43-85)104-73)106-71-58(82-76(92)98-46-52-26-14-6-15-27-52)36-34-56(101-71)42-80-75(91)97-45-51-24-12-5-13-25-51/h4-37,56-68,71-73,85-87H,2-3,38-49H2,1H3,(H,79,90)(H,80,91)(H,81,88)(H,82,92)(H,83,93)(H,84,94)/t56-,57+,58-,59-,60-,61+,62+,63-,64+,65-,66-,67-,68-,71-,72-,73+/m1/s1. The number of amides is 6. The largest absolute Gasteiger partial charge is 0.449 e. The van der Waals surface area contributed by atoms with Crippen molar-refractivity contribution in [1.29, 1.82) is 0 Å². The van der Waals surface area contributed by atoms with Crippen LogP contribution in [0.15, 0.2) is 206 Å². The Morgan fingerprint density at radius 1 is 0.467 bits per heavy atom. The second-order valence-corrected chi connectivity index (χ2v) is 25.4. The van der Waals surface area contributed by atoms with Gasteiger partial charge < -0.3 is 109 Å². The molecule has 570 valence electrons. The van der Waals surface area contributed by atoms with Gasteiger partial charge in [-0.05, 0) is 52.8 Å². The van der Waals surface area contributed by atoms with Crippen LogP contribution < -0.4 is 31.9 Å². The Kier molecular flexibility index (Phi) is 30.8. The third-order valence-corrected chi connectivity index (χ3v) is 17.5. The molecule has 9 N–H and O–H groups in total. The number of ether oxygens (including phenoxy) is 13. The molecule has 3 aliphatic heterocycles. The minimum Gasteiger partial charge on any atom is -0.449 e. The van der Waals surface area contributed by atoms with Crippen molar-refractivity contribution in [3.05, 3.63) is 240 Å². The molecule has 29 nitrogen and oxygen atoms in total. The van der Waals surface area contributed by atoms with E-state index in [9.17, 15) is 44.1 Å². The van der Waals surface area contributed by atoms with E-state index in [4.69, 9.17) is 61.6 Å². The van der Waals surface area contributed by atoms with Crippen LogP contribution in [-0.2, 0) is 99.4 Å². The molecule has 6 aromatic carbocycles. The zero-order chi connectivity index (χ0) is 75.1. The summed E-state index contributed by atoms with van der Waals surface area (Å²) in [6, 6.07) is 46.9. The molecule has 0 radical (unpaired) electrons. The third kappa shape index (κ3) is 24.9. The van der Waals surface area contributed by atoms with Crippen molar-refractivity contribution < 1.29 is 110 Å². The zero-order valence-corrected chi connectivity index (χ0v) is 58.8. The first-order chi connectivity index (χ1) is 52.1. The quantitative estimate of drug-likeness (QED) is 0.00834. The van der Waals surface area contributed by atoms with Gasteiger partial charge in [-0.2, -0.15) is 0 Å². The minimum absolute atomic E-state index is 0.00705. The molecule has 1 saturated heterocycles. The molecule has 10 rings (SSSR count). The van der Waals surface area contributed by atoms with E-state index in [1.54, 1.807) is 176 Å². The lowest BCUT2D eigenvalue weighted by molar-refractivity contribution is -0.284. The van der Waals surface area contributed by atoms with E-state index < -0.39 is 153 Å². The first-order valence-corrected chi connectivity index (χ1v) is 35.4. The van der Waals surface area contributed by atoms with Crippen LogP contribution in [0.5, 0.6) is 0 Å². The SMILES string of the molecule is CCCCOC[C@@H]1C=C[C@@H](NC(=O)OCc2ccccc2)[C@@H](O[C@H]2[C@H](O[C@@H]3O[C@H](CO)[C@@H](O[C@H]4O[C@@H](CNC(=O)OCc5ccccc5)C=C[C@H]4NC(=O)OCc4ccccc4)[C@H]3O)[C@@H](O)[C@H](NC(=O)[C@H](CCNC(=O)OCc3ccccc3)OC(=O)c3ccccc3)C[C@@H]2NC(=O)OCc2ccccc2)O1. The predicted molar refractivity (Wildman–Crippen MR) is 380 cm³/mol. The Labute approximate surface area is 618 Å². The lowest BCUT2D eigenvalue weighted by Crippen LogP contribution is -2.68. The lowest BCUT2D eigenvalue weighted by atomic mass is 9.83. The molecule has 4 aliphatic rings. The number of hydrogen-bond donors (Lipinski definition) is 9. The number of esters is 1. The Hall–Kier alpha value is -10.3. The molecule has 0 spiro atoms. The number of carbonyl (C=O) groups is 7. The maximum atomic E-state index is 15.0. The van der Waals surface area contributed by atoms with E-state index in [2.05, 4.69) is 31.9 Å². The maximum absolute atomic E-state index is 15.0. The van der Waals surface area contributed by atoms with E-state index in [1.165, 1.54) is 18.2 Å². The lowest BCUT2D eigenvalue weighted by Gasteiger charge is -2.47. The fourth-order valence-corrected chi connectivity index (χ4v) is 11.9. The van der Waals surface area contributed by atoms with Gasteiger partial charge in [-0.1, -0.05) is 208 Å². The molecule has 0 unspecified atom stereocenters. The molecule has 29 heteroatoms. The van der Waals surface area contributed by atoms with E-state index in [0.717, 1.165) is 18.4 Å². The molecule has 2 fully saturated rings. The van der Waals surface area contributed by atoms with Gasteiger partial charge in [-0.3, -0.25) is 4.79 Å². The highest BCUT2D eigenvalue weighted by Gasteiger charge is 2.55. The monoisotopic (exact) mass is 1480 g/mol. The molecule has 0 bridgehead atoms. The fourth-order valence-electron chi connectivity index (χ4n) is 11.9. The van der Waals surface area contributed by atoms with E-state index in [-0.39, 0.29) is 64.7 Å². The van der Waals surface area contributed by atoms with Crippen LogP contribution in [0.1, 0.15) is 70.8 Å². The second-order valence-electron chi connectivity index (χ2n) is 25.4. The van der Waals surface area contributed by atoms with Crippen molar-refractivity contribution in [1.82, 2.24) is 31.9 Å². The number of hydrogen-bond acceptors (Lipinski definition) is 23. The first kappa shape index (κ1) is 79.3. The highest BCUT2D eigenvalue weighted by Crippen LogP contribution is 2.35. The highest BCUT2D eigenvalue weighted by molar-refractivity contribution is 5.92. The van der Waals surface area contributed by atoms with Gasteiger partial charge in [0.25, 0.3) is 5.91 Å². The van der Waals surface area contributed by atoms with Gasteiger partial charge in [0, 0.05) is 19.6 Å². The second kappa shape index (κ2) is 41.6. The van der Waals surface area contributed by atoms with Gasteiger partial charge >= 0.3 is 36.4 Å². The van der Waals surface area contributed by atoms with E-state index in [0.29, 0.717) is 28.9 Å². The van der Waals surface area contributed by atoms with Crippen molar-refractivity contribution in [2.24, 2.45) is 0 Å². The fraction of sp³-hybridized carbons (Fsp3) is 0.397. The summed E-state index contributed by atoms with van der Waals surface area (Å²) in [5.41, 5.74) is 3.48. The summed E-state index contributed by atoms with van der Waals surface area (Å²) < 4.78 is 79.1. The number of rotatable bonds is 34. The summed E-state index contributed by atoms with van der Waals surface area (Å²) in [7, 11) is 0. The average Bonchev–Trinajstić information content (AvgIpc) is 1.61. The number of nitrogens with one attached hydrogen (secondary N) is 6. The molecule has 16 atom stereocenters. The van der Waals surface area contributed by atoms with Gasteiger partial charge in [-0.25, -0.2) is 28.8 Å². The molecule has 6 aromatic rings. The average molecular weight is 1480 g/mol. The van der Waals surface area contributed by atoms with Gasteiger partial charge in [0.15, 0.2) is 25.0 Å². The van der Waals surface area contributed by atoms with Crippen LogP contribution >= 0.6 is 0 Å². The Morgan fingerprint density at radius 2 is 0.907 bits per heavy atom. The van der Waals surface area contributed by atoms with E-state index >= 15 is 4.79 Å². The van der Waals surface area contributed by atoms with E-state index in [1.807, 2.05) is 19.1 Å². The molecular weight excluding hydrogens is 1390 g/mol. The smallest absolute Gasteiger partial charge is 0.408 e. The molecule has 1 saturated carbocycles. The van der Waals surface area contributed by atoms with Crippen molar-refractivity contribution in [2.75, 3.05) is 32.9 Å². The van der Waals surface area contributed by atoms with Gasteiger partial charge in [0.05, 0.1) is 43.5 Å². The Morgan fingerprint density at radius 3 is 1.40 bits per heavy atom. The minimum atomic E-state index is -1.98. The van der Waals surface area contributed by atoms with Gasteiger partial charge in [0.2, 0.25) is 0 Å². The topological polar surface area (TPSA) is 372 Å². The van der Waals surface area contributed by atoms with Crippen LogP contribution in [0.2, 0.25) is 0 Å². The maximum Gasteiger partial charge on any atom is 0.408 e. The van der Waals surface area contributed by atoms with Crippen LogP contribution in [0.25, 0.3) is 0 Å². The molecule has 107 heavy (non-hydrogen) atoms. The number of benzene rings is 6. The molecule has 6 amide bonds. The van der Waals surface area contributed by atoms with Crippen LogP contribution in [0, 0.1) is 0 Å². The summed E-state index contributed by atoms with van der Waals surface area (Å²) in [5, 5.41) is 53.2. The zero-order valence-electron chi connectivity index (χ0n) is 58.8. The van der Waals surface area contributed by atoms with Crippen molar-refractivity contribution in [2.45, 2.75) is 164 Å². The number of aliphatic hydroxyl groups excluding tert-OH is 3. The molecular formula is C78H90N6O23. The van der Waals surface area contributed by atoms with Crippen LogP contribution in [0.3, 0.4) is 0 Å². The number of unbranched alkanes of at least 4 members (excludes halogenated alkanes) is 1. The number of carbonyl (C=O) groups excluding carboxylic acids is 7. The molecule has 3 heterocycles. The van der Waals surface area contributed by atoms with Crippen LogP contribution in [-0.4, -0.2) is 189 Å². The summed E-state index contributed by atoms with van der Waals surface area (Å²) >= 11 is 0.